The van der Waals surface area contributed by atoms with Gasteiger partial charge >= 0.3 is 0 Å². The van der Waals surface area contributed by atoms with Gasteiger partial charge in [0, 0.05) is 6.42 Å². The third-order valence-electron chi connectivity index (χ3n) is 0.616. The lowest BCUT2D eigenvalue weighted by Gasteiger charge is -1.90. The van der Waals surface area contributed by atoms with Crippen LogP contribution in [0.5, 0.6) is 0 Å². The Morgan fingerprint density at radius 2 is 2.25 bits per heavy atom. The second kappa shape index (κ2) is 4.70. The zero-order valence-electron chi connectivity index (χ0n) is 4.33. The zero-order valence-corrected chi connectivity index (χ0v) is 4.33. The minimum atomic E-state index is -0.333. The standard InChI is InChI=1S/C4H8O4/c5-2-1-4(6)3-8-7/h5,7H,1-3H2. The third kappa shape index (κ3) is 3.73. The Balaban J connectivity index is 3.06. The Morgan fingerprint density at radius 3 is 2.62 bits per heavy atom. The smallest absolute Gasteiger partial charge is 0.164 e. The molecule has 0 rings (SSSR count). The number of aliphatic hydroxyl groups excluding tert-OH is 1. The second-order valence-corrected chi connectivity index (χ2v) is 1.29. The van der Waals surface area contributed by atoms with E-state index in [2.05, 4.69) is 4.89 Å². The number of rotatable bonds is 4. The maximum atomic E-state index is 10.2. The molecular formula is C4H8O4. The quantitative estimate of drug-likeness (QED) is 0.385. The fourth-order valence-corrected chi connectivity index (χ4v) is 0.269. The summed E-state index contributed by atoms with van der Waals surface area (Å²) in [5, 5.41) is 15.8. The number of ketones is 1. The predicted molar refractivity (Wildman–Crippen MR) is 25.3 cm³/mol. The van der Waals surface area contributed by atoms with Gasteiger partial charge in [0.1, 0.15) is 6.61 Å². The van der Waals surface area contributed by atoms with Crippen molar-refractivity contribution in [2.75, 3.05) is 13.2 Å². The second-order valence-electron chi connectivity index (χ2n) is 1.29. The van der Waals surface area contributed by atoms with Crippen LogP contribution in [0.1, 0.15) is 6.42 Å². The SMILES string of the molecule is O=C(CCO)COO. The zero-order chi connectivity index (χ0) is 6.41. The number of hydrogen-bond acceptors (Lipinski definition) is 4. The number of carbonyl (C=O) groups excluding carboxylic acids is 1. The average molecular weight is 120 g/mol. The van der Waals surface area contributed by atoms with Gasteiger partial charge in [0.05, 0.1) is 6.61 Å². The van der Waals surface area contributed by atoms with Crippen LogP contribution in [0.4, 0.5) is 0 Å². The first-order chi connectivity index (χ1) is 3.81. The average Bonchev–Trinajstić information content (AvgIpc) is 1.68. The van der Waals surface area contributed by atoms with Crippen molar-refractivity contribution < 1.29 is 20.0 Å². The predicted octanol–water partition coefficient (Wildman–Crippen LogP) is -0.572. The lowest BCUT2D eigenvalue weighted by Crippen LogP contribution is -2.07. The highest BCUT2D eigenvalue weighted by molar-refractivity contribution is 5.79. The van der Waals surface area contributed by atoms with E-state index in [0.717, 1.165) is 0 Å². The van der Waals surface area contributed by atoms with Crippen molar-refractivity contribution in [2.45, 2.75) is 6.42 Å². The highest BCUT2D eigenvalue weighted by atomic mass is 17.1. The molecule has 0 radical (unpaired) electrons. The molecule has 0 atom stereocenters. The number of carbonyl (C=O) groups is 1. The summed E-state index contributed by atoms with van der Waals surface area (Å²) in [7, 11) is 0. The summed E-state index contributed by atoms with van der Waals surface area (Å²) in [5.74, 6) is -0.310. The van der Waals surface area contributed by atoms with E-state index in [1.165, 1.54) is 0 Å². The number of aliphatic hydroxyl groups is 1. The van der Waals surface area contributed by atoms with Crippen molar-refractivity contribution >= 4 is 5.78 Å². The lowest BCUT2D eigenvalue weighted by molar-refractivity contribution is -0.238. The topological polar surface area (TPSA) is 66.8 Å². The Bertz CT molecular complexity index is 62.4. The molecule has 0 aliphatic rings. The molecule has 0 saturated heterocycles. The van der Waals surface area contributed by atoms with Crippen LogP contribution < -0.4 is 0 Å². The van der Waals surface area contributed by atoms with Crippen LogP contribution in [0.25, 0.3) is 0 Å². The first kappa shape index (κ1) is 7.55. The van der Waals surface area contributed by atoms with Crippen molar-refractivity contribution in [3.05, 3.63) is 0 Å². The molecular weight excluding hydrogens is 112 g/mol. The molecule has 8 heavy (non-hydrogen) atoms. The van der Waals surface area contributed by atoms with E-state index in [4.69, 9.17) is 10.4 Å². The van der Waals surface area contributed by atoms with Gasteiger partial charge in [-0.25, -0.2) is 4.89 Å². The van der Waals surface area contributed by atoms with Crippen LogP contribution in [0.2, 0.25) is 0 Å². The maximum Gasteiger partial charge on any atom is 0.164 e. The Hall–Kier alpha value is -0.450. The van der Waals surface area contributed by atoms with Crippen LogP contribution >= 0.6 is 0 Å². The molecule has 0 aromatic carbocycles. The monoisotopic (exact) mass is 120 g/mol. The number of hydrogen-bond donors (Lipinski definition) is 2. The normalized spacial score (nSPS) is 9.25. The van der Waals surface area contributed by atoms with Crippen LogP contribution in [0, 0.1) is 0 Å². The summed E-state index contributed by atoms with van der Waals surface area (Å²) in [5.41, 5.74) is 0. The first-order valence-electron chi connectivity index (χ1n) is 2.20. The lowest BCUT2D eigenvalue weighted by atomic mass is 10.3. The molecule has 0 aliphatic carbocycles. The summed E-state index contributed by atoms with van der Waals surface area (Å²) < 4.78 is 0. The largest absolute Gasteiger partial charge is 0.396 e. The highest BCUT2D eigenvalue weighted by Crippen LogP contribution is 1.79. The van der Waals surface area contributed by atoms with Crippen LogP contribution in [-0.2, 0) is 9.68 Å². The molecule has 2 N–H and O–H groups in total. The van der Waals surface area contributed by atoms with Gasteiger partial charge in [0.25, 0.3) is 0 Å². The minimum absolute atomic E-state index is 0.0422. The van der Waals surface area contributed by atoms with Crippen molar-refractivity contribution in [3.8, 4) is 0 Å². The summed E-state index contributed by atoms with van der Waals surface area (Å²) in [6, 6.07) is 0. The van der Waals surface area contributed by atoms with Gasteiger partial charge in [-0.1, -0.05) is 0 Å². The Labute approximate surface area is 46.6 Å². The van der Waals surface area contributed by atoms with Crippen LogP contribution in [0.15, 0.2) is 0 Å². The molecule has 0 spiro atoms. The molecule has 0 aromatic rings. The first-order valence-corrected chi connectivity index (χ1v) is 2.20. The van der Waals surface area contributed by atoms with E-state index in [1.54, 1.807) is 0 Å². The molecule has 4 heteroatoms. The molecule has 0 saturated carbocycles. The molecule has 0 bridgehead atoms. The van der Waals surface area contributed by atoms with Gasteiger partial charge in [0.2, 0.25) is 0 Å². The molecule has 0 unspecified atom stereocenters. The molecule has 0 fully saturated rings. The molecule has 0 aromatic heterocycles. The van der Waals surface area contributed by atoms with E-state index in [0.29, 0.717) is 0 Å². The third-order valence-corrected chi connectivity index (χ3v) is 0.616. The Kier molecular flexibility index (Phi) is 4.44. The molecule has 0 aliphatic heterocycles. The molecule has 0 amide bonds. The van der Waals surface area contributed by atoms with Gasteiger partial charge in [-0.15, -0.1) is 0 Å². The molecule has 0 heterocycles. The highest BCUT2D eigenvalue weighted by Gasteiger charge is 1.97. The van der Waals surface area contributed by atoms with E-state index >= 15 is 0 Å². The van der Waals surface area contributed by atoms with Gasteiger partial charge in [-0.05, 0) is 0 Å². The van der Waals surface area contributed by atoms with E-state index < -0.39 is 0 Å². The fourth-order valence-electron chi connectivity index (χ4n) is 0.269. The summed E-state index contributed by atoms with van der Waals surface area (Å²) >= 11 is 0. The molecule has 48 valence electrons. The number of Topliss-reactive ketones (excluding diaryl/α,β-unsaturated/α-hetero) is 1. The molecule has 4 nitrogen and oxygen atoms in total. The fraction of sp³-hybridized carbons (Fsp3) is 0.750. The maximum absolute atomic E-state index is 10.2. The van der Waals surface area contributed by atoms with Crippen molar-refractivity contribution in [2.24, 2.45) is 0 Å². The van der Waals surface area contributed by atoms with Gasteiger partial charge in [0.15, 0.2) is 5.78 Å². The van der Waals surface area contributed by atoms with E-state index in [1.807, 2.05) is 0 Å². The van der Waals surface area contributed by atoms with Crippen molar-refractivity contribution in [1.29, 1.82) is 0 Å². The summed E-state index contributed by atoms with van der Waals surface area (Å²) in [6.07, 6.45) is 0.0422. The Morgan fingerprint density at radius 1 is 1.62 bits per heavy atom. The van der Waals surface area contributed by atoms with Crippen molar-refractivity contribution in [1.82, 2.24) is 0 Å². The van der Waals surface area contributed by atoms with Crippen LogP contribution in [0.3, 0.4) is 0 Å². The van der Waals surface area contributed by atoms with Crippen molar-refractivity contribution in [3.63, 3.8) is 0 Å². The van der Waals surface area contributed by atoms with Gasteiger partial charge in [-0.3, -0.25) is 10.1 Å². The summed E-state index contributed by atoms with van der Waals surface area (Å²) in [6.45, 7) is -0.525. The minimum Gasteiger partial charge on any atom is -0.396 e. The van der Waals surface area contributed by atoms with E-state index in [9.17, 15) is 4.79 Å². The van der Waals surface area contributed by atoms with Gasteiger partial charge < -0.3 is 5.11 Å². The summed E-state index contributed by atoms with van der Waals surface area (Å²) in [4.78, 5) is 13.7. The van der Waals surface area contributed by atoms with Gasteiger partial charge in [-0.2, -0.15) is 0 Å². The van der Waals surface area contributed by atoms with E-state index in [-0.39, 0.29) is 25.4 Å². The van der Waals surface area contributed by atoms with Crippen LogP contribution in [-0.4, -0.2) is 29.4 Å².